The lowest BCUT2D eigenvalue weighted by Gasteiger charge is -1.99. The minimum absolute atomic E-state index is 0.0705. The second-order valence-corrected chi connectivity index (χ2v) is 5.79. The quantitative estimate of drug-likeness (QED) is 0.609. The Labute approximate surface area is 147 Å². The van der Waals surface area contributed by atoms with E-state index in [2.05, 4.69) is 15.6 Å². The number of nitrogens with zero attached hydrogens (tertiary/aromatic N) is 3. The highest BCUT2D eigenvalue weighted by molar-refractivity contribution is 6.03. The summed E-state index contributed by atoms with van der Waals surface area (Å²) in [4.78, 5) is 24.9. The van der Waals surface area contributed by atoms with E-state index >= 15 is 0 Å². The zero-order chi connectivity index (χ0) is 18.3. The van der Waals surface area contributed by atoms with Gasteiger partial charge in [-0.05, 0) is 26.0 Å². The van der Waals surface area contributed by atoms with Crippen molar-refractivity contribution in [2.24, 2.45) is 0 Å². The van der Waals surface area contributed by atoms with Crippen molar-refractivity contribution in [1.29, 1.82) is 0 Å². The van der Waals surface area contributed by atoms with Gasteiger partial charge in [0.1, 0.15) is 5.58 Å². The summed E-state index contributed by atoms with van der Waals surface area (Å²) >= 11 is 0. The van der Waals surface area contributed by atoms with E-state index < -0.39 is 11.8 Å². The number of rotatable bonds is 3. The number of hydrogen-bond acceptors (Lipinski definition) is 6. The summed E-state index contributed by atoms with van der Waals surface area (Å²) < 4.78 is 11.7. The summed E-state index contributed by atoms with van der Waals surface area (Å²) in [6, 6.07) is 10.4. The van der Waals surface area contributed by atoms with Crippen LogP contribution in [0, 0.1) is 13.8 Å². The van der Waals surface area contributed by atoms with Gasteiger partial charge in [0, 0.05) is 23.2 Å². The maximum atomic E-state index is 12.7. The van der Waals surface area contributed by atoms with Crippen molar-refractivity contribution in [3.8, 4) is 0 Å². The third-order valence-corrected chi connectivity index (χ3v) is 3.93. The predicted molar refractivity (Wildman–Crippen MR) is 92.1 cm³/mol. The molecule has 1 aromatic carbocycles. The Bertz CT molecular complexity index is 1140. The van der Waals surface area contributed by atoms with Crippen LogP contribution in [0.5, 0.6) is 0 Å². The third kappa shape index (κ3) is 2.67. The van der Waals surface area contributed by atoms with Crippen molar-refractivity contribution in [3.63, 3.8) is 0 Å². The topological polar surface area (TPSA) is 103 Å². The predicted octanol–water partition coefficient (Wildman–Crippen LogP) is 3.17. The molecule has 1 amide bonds. The SMILES string of the molecule is Cc1cc(NC(=O)c2ccn(C(=O)c3oc4ccccc4c3C)n2)on1. The average molecular weight is 350 g/mol. The van der Waals surface area contributed by atoms with Crippen molar-refractivity contribution in [1.82, 2.24) is 14.9 Å². The van der Waals surface area contributed by atoms with E-state index in [0.29, 0.717) is 11.3 Å². The molecule has 4 rings (SSSR count). The number of hydrogen-bond donors (Lipinski definition) is 1. The number of furan rings is 1. The van der Waals surface area contributed by atoms with Crippen LogP contribution >= 0.6 is 0 Å². The monoisotopic (exact) mass is 350 g/mol. The number of para-hydroxylation sites is 1. The summed E-state index contributed by atoms with van der Waals surface area (Å²) in [5.41, 5.74) is 2.06. The molecule has 26 heavy (non-hydrogen) atoms. The normalized spacial score (nSPS) is 11.0. The molecule has 0 aliphatic rings. The smallest absolute Gasteiger partial charge is 0.314 e. The fourth-order valence-corrected chi connectivity index (χ4v) is 2.64. The second-order valence-electron chi connectivity index (χ2n) is 5.79. The first-order valence-corrected chi connectivity index (χ1v) is 7.86. The van der Waals surface area contributed by atoms with Gasteiger partial charge in [0.15, 0.2) is 11.5 Å². The van der Waals surface area contributed by atoms with Crippen molar-refractivity contribution in [3.05, 3.63) is 65.3 Å². The number of carbonyl (C=O) groups excluding carboxylic acids is 2. The van der Waals surface area contributed by atoms with E-state index in [1.54, 1.807) is 19.1 Å². The van der Waals surface area contributed by atoms with Gasteiger partial charge in [-0.3, -0.25) is 14.9 Å². The molecule has 0 unspecified atom stereocenters. The van der Waals surface area contributed by atoms with Crippen LogP contribution < -0.4 is 5.32 Å². The average Bonchev–Trinajstić information content (AvgIpc) is 3.34. The number of amides is 1. The fourth-order valence-electron chi connectivity index (χ4n) is 2.64. The maximum absolute atomic E-state index is 12.7. The molecule has 1 N–H and O–H groups in total. The molecule has 0 saturated heterocycles. The minimum Gasteiger partial charge on any atom is -0.451 e. The van der Waals surface area contributed by atoms with Crippen LogP contribution in [0.4, 0.5) is 5.88 Å². The summed E-state index contributed by atoms with van der Waals surface area (Å²) in [7, 11) is 0. The molecule has 0 fully saturated rings. The number of anilines is 1. The number of benzene rings is 1. The fraction of sp³-hybridized carbons (Fsp3) is 0.111. The summed E-state index contributed by atoms with van der Waals surface area (Å²) in [5, 5.41) is 11.1. The van der Waals surface area contributed by atoms with Gasteiger partial charge in [0.2, 0.25) is 5.88 Å². The van der Waals surface area contributed by atoms with E-state index in [4.69, 9.17) is 8.94 Å². The number of aryl methyl sites for hydroxylation is 2. The zero-order valence-corrected chi connectivity index (χ0v) is 14.0. The minimum atomic E-state index is -0.506. The molecule has 0 bridgehead atoms. The van der Waals surface area contributed by atoms with Crippen LogP contribution in [0.3, 0.4) is 0 Å². The molecule has 0 spiro atoms. The molecule has 0 aliphatic carbocycles. The van der Waals surface area contributed by atoms with Gasteiger partial charge in [0.25, 0.3) is 5.91 Å². The van der Waals surface area contributed by atoms with E-state index in [1.165, 1.54) is 12.3 Å². The largest absolute Gasteiger partial charge is 0.451 e. The Morgan fingerprint density at radius 1 is 1.15 bits per heavy atom. The zero-order valence-electron chi connectivity index (χ0n) is 14.0. The first kappa shape index (κ1) is 15.8. The lowest BCUT2D eigenvalue weighted by molar-refractivity contribution is 0.0917. The molecule has 0 aliphatic heterocycles. The van der Waals surface area contributed by atoms with Gasteiger partial charge < -0.3 is 8.94 Å². The molecule has 0 radical (unpaired) electrons. The number of aromatic nitrogens is 3. The van der Waals surface area contributed by atoms with E-state index in [9.17, 15) is 9.59 Å². The molecule has 0 atom stereocenters. The van der Waals surface area contributed by atoms with Crippen molar-refractivity contribution in [2.75, 3.05) is 5.32 Å². The molecule has 130 valence electrons. The Hall–Kier alpha value is -3.68. The number of carbonyl (C=O) groups is 2. The summed E-state index contributed by atoms with van der Waals surface area (Å²) in [6.45, 7) is 3.55. The lowest BCUT2D eigenvalue weighted by atomic mass is 10.1. The molecule has 0 saturated carbocycles. The van der Waals surface area contributed by atoms with Gasteiger partial charge in [-0.25, -0.2) is 4.68 Å². The van der Waals surface area contributed by atoms with Crippen LogP contribution in [0.15, 0.2) is 51.5 Å². The van der Waals surface area contributed by atoms with Crippen LogP contribution in [0.25, 0.3) is 11.0 Å². The first-order chi connectivity index (χ1) is 12.5. The van der Waals surface area contributed by atoms with E-state index in [0.717, 1.165) is 15.6 Å². The van der Waals surface area contributed by atoms with Crippen molar-refractivity contribution in [2.45, 2.75) is 13.8 Å². The standard InChI is InChI=1S/C18H14N4O4/c1-10-9-15(26-21-10)19-17(23)13-7-8-22(20-13)18(24)16-11(2)12-5-3-4-6-14(12)25-16/h3-9H,1-2H3,(H,19,23). The molecule has 3 aromatic heterocycles. The van der Waals surface area contributed by atoms with Crippen LogP contribution in [0.2, 0.25) is 0 Å². The van der Waals surface area contributed by atoms with Crippen LogP contribution in [-0.2, 0) is 0 Å². The lowest BCUT2D eigenvalue weighted by Crippen LogP contribution is -2.16. The highest BCUT2D eigenvalue weighted by Gasteiger charge is 2.21. The Morgan fingerprint density at radius 2 is 1.96 bits per heavy atom. The van der Waals surface area contributed by atoms with Gasteiger partial charge >= 0.3 is 5.91 Å². The van der Waals surface area contributed by atoms with Gasteiger partial charge in [0.05, 0.1) is 5.69 Å². The van der Waals surface area contributed by atoms with E-state index in [1.807, 2.05) is 25.1 Å². The number of nitrogens with one attached hydrogen (secondary N) is 1. The van der Waals surface area contributed by atoms with Crippen LogP contribution in [-0.4, -0.2) is 26.8 Å². The van der Waals surface area contributed by atoms with Gasteiger partial charge in [-0.1, -0.05) is 23.4 Å². The molecule has 3 heterocycles. The summed E-state index contributed by atoms with van der Waals surface area (Å²) in [5.74, 6) is -0.559. The molecule has 8 nitrogen and oxygen atoms in total. The second kappa shape index (κ2) is 5.99. The first-order valence-electron chi connectivity index (χ1n) is 7.86. The van der Waals surface area contributed by atoms with Crippen LogP contribution in [0.1, 0.15) is 32.3 Å². The highest BCUT2D eigenvalue weighted by Crippen LogP contribution is 2.25. The Morgan fingerprint density at radius 3 is 2.69 bits per heavy atom. The highest BCUT2D eigenvalue weighted by atomic mass is 16.5. The van der Waals surface area contributed by atoms with Gasteiger partial charge in [-0.2, -0.15) is 5.10 Å². The molecule has 4 aromatic rings. The van der Waals surface area contributed by atoms with Crippen molar-refractivity contribution >= 4 is 28.7 Å². The third-order valence-electron chi connectivity index (χ3n) is 3.93. The Balaban J connectivity index is 1.59. The van der Waals surface area contributed by atoms with E-state index in [-0.39, 0.29) is 17.3 Å². The maximum Gasteiger partial charge on any atom is 0.314 e. The molecule has 8 heteroatoms. The summed E-state index contributed by atoms with van der Waals surface area (Å²) in [6.07, 6.45) is 1.41. The van der Waals surface area contributed by atoms with Crippen molar-refractivity contribution < 1.29 is 18.5 Å². The molecular weight excluding hydrogens is 336 g/mol. The Kier molecular flexibility index (Phi) is 3.65. The molecular formula is C18H14N4O4. The number of fused-ring (bicyclic) bond motifs is 1. The van der Waals surface area contributed by atoms with Gasteiger partial charge in [-0.15, -0.1) is 0 Å².